The normalized spacial score (nSPS) is 19.5. The van der Waals surface area contributed by atoms with Crippen molar-refractivity contribution in [2.75, 3.05) is 38.6 Å². The molecule has 68 heavy (non-hydrogen) atoms. The highest BCUT2D eigenvalue weighted by Crippen LogP contribution is 2.56. The summed E-state index contributed by atoms with van der Waals surface area (Å²) in [6.07, 6.45) is 10.1. The van der Waals surface area contributed by atoms with Crippen LogP contribution in [0.1, 0.15) is 123 Å². The number of imide groups is 1. The molecule has 4 aromatic carbocycles. The van der Waals surface area contributed by atoms with Crippen LogP contribution in [0.3, 0.4) is 0 Å². The molecule has 13 nitrogen and oxygen atoms in total. The molecule has 1 aromatic heterocycles. The van der Waals surface area contributed by atoms with E-state index in [1.165, 1.54) is 25.3 Å². The predicted octanol–water partition coefficient (Wildman–Crippen LogP) is 9.00. The number of unbranched alkanes of at least 4 members (excludes halogenated alkanes) is 6. The number of anilines is 1. The zero-order chi connectivity index (χ0) is 48.1. The Morgan fingerprint density at radius 1 is 0.956 bits per heavy atom. The number of hydrogen-bond acceptors (Lipinski definition) is 9. The van der Waals surface area contributed by atoms with E-state index >= 15 is 8.78 Å². The number of nitrogens with two attached hydrogens (primary N) is 1. The van der Waals surface area contributed by atoms with E-state index in [0.29, 0.717) is 50.2 Å². The summed E-state index contributed by atoms with van der Waals surface area (Å²) in [6.45, 7) is 4.33. The van der Waals surface area contributed by atoms with Crippen LogP contribution in [0, 0.1) is 11.6 Å². The lowest BCUT2D eigenvalue weighted by molar-refractivity contribution is -0.134. The van der Waals surface area contributed by atoms with Gasteiger partial charge in [-0.1, -0.05) is 93.1 Å². The van der Waals surface area contributed by atoms with Gasteiger partial charge >= 0.3 is 0 Å². The van der Waals surface area contributed by atoms with Gasteiger partial charge < -0.3 is 30.7 Å². The number of aromatic nitrogens is 2. The molecule has 3 atom stereocenters. The Kier molecular flexibility index (Phi) is 15.0. The van der Waals surface area contributed by atoms with Crippen LogP contribution in [0.5, 0.6) is 11.5 Å². The molecular formula is C52H60ClF2N7O6. The summed E-state index contributed by atoms with van der Waals surface area (Å²) in [5.41, 5.74) is 8.15. The highest BCUT2D eigenvalue weighted by Gasteiger charge is 2.50. The van der Waals surface area contributed by atoms with Crippen LogP contribution in [-0.2, 0) is 27.0 Å². The van der Waals surface area contributed by atoms with Gasteiger partial charge in [-0.15, -0.1) is 0 Å². The molecule has 4 heterocycles. The van der Waals surface area contributed by atoms with Crippen LogP contribution >= 0.6 is 11.6 Å². The SMILES string of the molecule is COc1ccc(C(N)=O)c(-c2c(Cl)c(F)cc3c2[C@H](C)[C@@](CNC2CCN(C(=O)CCCCCCCCCNc4cccc5c(C6CCC(=O)NC6=O)nn(C)c45)CC2)(c2ccccc2)O3)c1F. The van der Waals surface area contributed by atoms with Crippen molar-refractivity contribution in [1.29, 1.82) is 0 Å². The molecule has 3 aliphatic rings. The number of aryl methyl sites for hydroxylation is 1. The lowest BCUT2D eigenvalue weighted by Gasteiger charge is -2.38. The number of carbonyl (C=O) groups is 4. The largest absolute Gasteiger partial charge is 0.494 e. The van der Waals surface area contributed by atoms with Gasteiger partial charge in [0.05, 0.1) is 40.5 Å². The molecule has 5 N–H and O–H groups in total. The van der Waals surface area contributed by atoms with Crippen molar-refractivity contribution in [2.24, 2.45) is 12.8 Å². The van der Waals surface area contributed by atoms with E-state index in [1.54, 1.807) is 0 Å². The van der Waals surface area contributed by atoms with Crippen molar-refractivity contribution in [2.45, 2.75) is 107 Å². The Labute approximate surface area is 400 Å². The molecule has 0 aliphatic carbocycles. The molecule has 2 fully saturated rings. The lowest BCUT2D eigenvalue weighted by Crippen LogP contribution is -2.50. The van der Waals surface area contributed by atoms with Gasteiger partial charge in [0.2, 0.25) is 23.6 Å². The number of piperidine rings is 2. The summed E-state index contributed by atoms with van der Waals surface area (Å²) in [7, 11) is 3.18. The first-order valence-electron chi connectivity index (χ1n) is 23.8. The predicted molar refractivity (Wildman–Crippen MR) is 258 cm³/mol. The van der Waals surface area contributed by atoms with Crippen molar-refractivity contribution in [3.05, 3.63) is 106 Å². The van der Waals surface area contributed by atoms with E-state index in [1.807, 2.05) is 72.1 Å². The molecule has 0 bridgehead atoms. The molecule has 8 rings (SSSR count). The van der Waals surface area contributed by atoms with Crippen LogP contribution in [0.4, 0.5) is 14.5 Å². The summed E-state index contributed by atoms with van der Waals surface area (Å²) in [6, 6.07) is 19.5. The molecule has 2 saturated heterocycles. The summed E-state index contributed by atoms with van der Waals surface area (Å²) in [4.78, 5) is 52.1. The minimum atomic E-state index is -1.07. The van der Waals surface area contributed by atoms with Crippen molar-refractivity contribution in [3.8, 4) is 22.6 Å². The van der Waals surface area contributed by atoms with E-state index in [0.717, 1.165) is 86.5 Å². The summed E-state index contributed by atoms with van der Waals surface area (Å²) in [5, 5.41) is 15.0. The average Bonchev–Trinajstić information content (AvgIpc) is 3.82. The molecule has 5 aromatic rings. The number of nitrogens with zero attached hydrogens (tertiary/aromatic N) is 3. The highest BCUT2D eigenvalue weighted by atomic mass is 35.5. The van der Waals surface area contributed by atoms with Crippen molar-refractivity contribution in [1.82, 2.24) is 25.3 Å². The van der Waals surface area contributed by atoms with Gasteiger partial charge in [0.25, 0.3) is 0 Å². The van der Waals surface area contributed by atoms with Crippen molar-refractivity contribution >= 4 is 51.8 Å². The molecule has 4 amide bonds. The van der Waals surface area contributed by atoms with Gasteiger partial charge in [-0.2, -0.15) is 5.10 Å². The second-order valence-electron chi connectivity index (χ2n) is 18.3. The lowest BCUT2D eigenvalue weighted by atomic mass is 9.77. The fraction of sp³-hybridized carbons (Fsp3) is 0.442. The van der Waals surface area contributed by atoms with Crippen LogP contribution in [0.15, 0.2) is 66.7 Å². The zero-order valence-electron chi connectivity index (χ0n) is 38.9. The number of benzene rings is 4. The second kappa shape index (κ2) is 21.1. The number of fused-ring (bicyclic) bond motifs is 2. The van der Waals surface area contributed by atoms with Crippen LogP contribution < -0.4 is 31.2 Å². The smallest absolute Gasteiger partial charge is 0.249 e. The number of nitrogens with one attached hydrogen (secondary N) is 3. The first-order chi connectivity index (χ1) is 32.8. The third-order valence-corrected chi connectivity index (χ3v) is 14.5. The molecule has 0 spiro atoms. The number of methoxy groups -OCH3 is 1. The number of primary amides is 1. The second-order valence-corrected chi connectivity index (χ2v) is 18.7. The van der Waals surface area contributed by atoms with Gasteiger partial charge in [-0.3, -0.25) is 29.2 Å². The minimum Gasteiger partial charge on any atom is -0.494 e. The van der Waals surface area contributed by atoms with E-state index in [2.05, 4.69) is 21.0 Å². The van der Waals surface area contributed by atoms with Crippen LogP contribution in [-0.4, -0.2) is 77.6 Å². The number of amides is 4. The number of rotatable bonds is 19. The standard InChI is InChI=1S/C52H60ClF2N7O6/c1-31-43-40(29-37(54)46(53)45(43)44-34(50(56)65)20-22-39(67-3)47(44)55)68-52(31,32-15-10-9-11-16-32)30-58-33-24-27-62(28-25-33)42(64)19-12-7-5-4-6-8-13-26-57-38-18-14-17-35-48(60-61(2)49(35)38)36-21-23-41(63)59-51(36)66/h9-11,14-18,20,22,29,31,33,36,57-58H,4-8,12-13,19,21,23-28,30H2,1-3H3,(H2,56,65)(H,59,63,66)/t31-,36?,52-/m0/s1. The molecule has 3 aliphatic heterocycles. The van der Waals surface area contributed by atoms with Gasteiger partial charge in [0.1, 0.15) is 11.6 Å². The molecule has 0 radical (unpaired) electrons. The zero-order valence-corrected chi connectivity index (χ0v) is 39.7. The Bertz CT molecular complexity index is 2690. The fourth-order valence-electron chi connectivity index (χ4n) is 10.4. The molecule has 0 saturated carbocycles. The third kappa shape index (κ3) is 9.78. The summed E-state index contributed by atoms with van der Waals surface area (Å²) in [5.74, 6) is -3.87. The summed E-state index contributed by atoms with van der Waals surface area (Å²) >= 11 is 6.67. The van der Waals surface area contributed by atoms with Gasteiger partial charge in [0, 0.05) is 86.2 Å². The molecular weight excluding hydrogens is 892 g/mol. The van der Waals surface area contributed by atoms with E-state index < -0.39 is 35.0 Å². The van der Waals surface area contributed by atoms with E-state index in [-0.39, 0.29) is 57.0 Å². The van der Waals surface area contributed by atoms with Crippen LogP contribution in [0.2, 0.25) is 5.02 Å². The summed E-state index contributed by atoms with van der Waals surface area (Å²) < 4.78 is 45.7. The Hall–Kier alpha value is -6.06. The third-order valence-electron chi connectivity index (χ3n) is 14.1. The van der Waals surface area contributed by atoms with Gasteiger partial charge in [0.15, 0.2) is 17.2 Å². The maximum Gasteiger partial charge on any atom is 0.249 e. The average molecular weight is 953 g/mol. The van der Waals surface area contributed by atoms with Crippen molar-refractivity contribution < 1.29 is 37.4 Å². The number of halogens is 3. The number of carbonyl (C=O) groups excluding carboxylic acids is 4. The van der Waals surface area contributed by atoms with Gasteiger partial charge in [-0.05, 0) is 55.9 Å². The van der Waals surface area contributed by atoms with Gasteiger partial charge in [-0.25, -0.2) is 8.78 Å². The maximum atomic E-state index is 16.2. The molecule has 16 heteroatoms. The first kappa shape index (κ1) is 48.4. The Morgan fingerprint density at radius 3 is 2.38 bits per heavy atom. The first-order valence-corrected chi connectivity index (χ1v) is 24.2. The number of para-hydroxylation sites is 1. The Balaban J connectivity index is 0.788. The monoisotopic (exact) mass is 951 g/mol. The highest BCUT2D eigenvalue weighted by molar-refractivity contribution is 6.34. The molecule has 360 valence electrons. The van der Waals surface area contributed by atoms with Crippen molar-refractivity contribution in [3.63, 3.8) is 0 Å². The topological polar surface area (TPSA) is 170 Å². The minimum absolute atomic E-state index is 0.00464. The quantitative estimate of drug-likeness (QED) is 0.0466. The maximum absolute atomic E-state index is 16.2. The van der Waals surface area contributed by atoms with E-state index in [9.17, 15) is 19.2 Å². The van der Waals surface area contributed by atoms with Crippen LogP contribution in [0.25, 0.3) is 22.0 Å². The molecule has 1 unspecified atom stereocenters. The Morgan fingerprint density at radius 2 is 1.68 bits per heavy atom. The number of likely N-dealkylation sites (tertiary alicyclic amines) is 1. The fourth-order valence-corrected chi connectivity index (χ4v) is 10.6. The number of ether oxygens (including phenoxy) is 2. The number of hydrogen-bond donors (Lipinski definition) is 4. The van der Waals surface area contributed by atoms with E-state index in [4.69, 9.17) is 26.8 Å².